The average molecular weight is 414 g/mol. The first-order chi connectivity index (χ1) is 12.3. The largest absolute Gasteiger partial charge is 0.345 e. The summed E-state index contributed by atoms with van der Waals surface area (Å²) in [6.45, 7) is 4.01. The van der Waals surface area contributed by atoms with E-state index in [9.17, 15) is 0 Å². The summed E-state index contributed by atoms with van der Waals surface area (Å²) in [5, 5.41) is 6.83. The average Bonchev–Trinajstić information content (AvgIpc) is 3.23. The molecule has 126 valence electrons. The Morgan fingerprint density at radius 1 is 1.12 bits per heavy atom. The number of rotatable bonds is 2. The Morgan fingerprint density at radius 2 is 1.96 bits per heavy atom. The first kappa shape index (κ1) is 15.3. The van der Waals surface area contributed by atoms with E-state index in [1.54, 1.807) is 11.3 Å². The van der Waals surface area contributed by atoms with Gasteiger partial charge < -0.3 is 15.2 Å². The number of thiazole rings is 1. The highest BCUT2D eigenvalue weighted by molar-refractivity contribution is 9.10. The van der Waals surface area contributed by atoms with Gasteiger partial charge in [0, 0.05) is 54.2 Å². The summed E-state index contributed by atoms with van der Waals surface area (Å²) in [4.78, 5) is 16.2. The standard InChI is InChI=1S/C18H16BrN5S/c19-16-15(25-18(23-16)24-9-7-20-8-10-24)12-5-6-21-17-14(12)11-3-1-2-4-13(11)22-17/h1-6,20H,7-10H2,(H,21,22). The Kier molecular flexibility index (Phi) is 3.73. The van der Waals surface area contributed by atoms with Gasteiger partial charge in [-0.1, -0.05) is 29.5 Å². The van der Waals surface area contributed by atoms with Crippen LogP contribution in [-0.2, 0) is 0 Å². The fourth-order valence-electron chi connectivity index (χ4n) is 3.40. The lowest BCUT2D eigenvalue weighted by atomic mass is 10.1. The minimum absolute atomic E-state index is 0.906. The molecule has 25 heavy (non-hydrogen) atoms. The number of aromatic amines is 1. The monoisotopic (exact) mass is 413 g/mol. The van der Waals surface area contributed by atoms with Crippen LogP contribution in [0.4, 0.5) is 5.13 Å². The van der Waals surface area contributed by atoms with Crippen LogP contribution in [-0.4, -0.2) is 41.1 Å². The number of H-pyrrole nitrogens is 1. The van der Waals surface area contributed by atoms with Crippen LogP contribution in [0.3, 0.4) is 0 Å². The number of hydrogen-bond donors (Lipinski definition) is 2. The molecule has 3 aromatic heterocycles. The first-order valence-electron chi connectivity index (χ1n) is 8.29. The molecule has 0 atom stereocenters. The summed E-state index contributed by atoms with van der Waals surface area (Å²) in [5.41, 5.74) is 3.20. The van der Waals surface area contributed by atoms with Crippen LogP contribution in [0, 0.1) is 0 Å². The van der Waals surface area contributed by atoms with Crippen molar-refractivity contribution in [3.63, 3.8) is 0 Å². The maximum absolute atomic E-state index is 4.78. The molecule has 0 spiro atoms. The number of pyridine rings is 1. The maximum Gasteiger partial charge on any atom is 0.187 e. The van der Waals surface area contributed by atoms with Crippen molar-refractivity contribution in [1.82, 2.24) is 20.3 Å². The number of halogens is 1. The van der Waals surface area contributed by atoms with Crippen LogP contribution in [0.25, 0.3) is 32.4 Å². The van der Waals surface area contributed by atoms with Crippen molar-refractivity contribution in [2.45, 2.75) is 0 Å². The zero-order chi connectivity index (χ0) is 16.8. The molecule has 1 aliphatic rings. The van der Waals surface area contributed by atoms with Gasteiger partial charge in [0.2, 0.25) is 0 Å². The van der Waals surface area contributed by atoms with Crippen LogP contribution in [0.15, 0.2) is 41.1 Å². The summed E-state index contributed by atoms with van der Waals surface area (Å²) in [7, 11) is 0. The molecule has 0 radical (unpaired) electrons. The molecule has 1 saturated heterocycles. The van der Waals surface area contributed by atoms with Crippen LogP contribution in [0.1, 0.15) is 0 Å². The Balaban J connectivity index is 1.69. The zero-order valence-electron chi connectivity index (χ0n) is 13.4. The molecule has 1 aliphatic heterocycles. The van der Waals surface area contributed by atoms with Gasteiger partial charge in [0.1, 0.15) is 10.3 Å². The third-order valence-corrected chi connectivity index (χ3v) is 6.59. The maximum atomic E-state index is 4.78. The number of aromatic nitrogens is 3. The molecule has 4 heterocycles. The smallest absolute Gasteiger partial charge is 0.187 e. The highest BCUT2D eigenvalue weighted by Crippen LogP contribution is 2.42. The number of benzene rings is 1. The highest BCUT2D eigenvalue weighted by Gasteiger charge is 2.20. The van der Waals surface area contributed by atoms with Crippen LogP contribution < -0.4 is 10.2 Å². The Morgan fingerprint density at radius 3 is 2.84 bits per heavy atom. The van der Waals surface area contributed by atoms with E-state index in [0.29, 0.717) is 0 Å². The third kappa shape index (κ3) is 2.54. The number of anilines is 1. The van der Waals surface area contributed by atoms with E-state index in [0.717, 1.165) is 57.3 Å². The number of nitrogens with zero attached hydrogens (tertiary/aromatic N) is 3. The minimum atomic E-state index is 0.906. The fourth-order valence-corrected chi connectivity index (χ4v) is 5.19. The van der Waals surface area contributed by atoms with E-state index < -0.39 is 0 Å². The van der Waals surface area contributed by atoms with Crippen molar-refractivity contribution >= 4 is 54.3 Å². The van der Waals surface area contributed by atoms with Gasteiger partial charge in [0.15, 0.2) is 5.13 Å². The van der Waals surface area contributed by atoms with Crippen molar-refractivity contribution in [3.05, 3.63) is 41.1 Å². The highest BCUT2D eigenvalue weighted by atomic mass is 79.9. The van der Waals surface area contributed by atoms with Gasteiger partial charge in [-0.2, -0.15) is 0 Å². The number of fused-ring (bicyclic) bond motifs is 3. The molecule has 2 N–H and O–H groups in total. The summed E-state index contributed by atoms with van der Waals surface area (Å²) >= 11 is 5.43. The molecular formula is C18H16BrN5S. The van der Waals surface area contributed by atoms with Gasteiger partial charge in [-0.05, 0) is 28.1 Å². The van der Waals surface area contributed by atoms with Crippen molar-refractivity contribution in [3.8, 4) is 10.4 Å². The van der Waals surface area contributed by atoms with Crippen LogP contribution in [0.5, 0.6) is 0 Å². The molecule has 0 saturated carbocycles. The van der Waals surface area contributed by atoms with Crippen molar-refractivity contribution < 1.29 is 0 Å². The van der Waals surface area contributed by atoms with Gasteiger partial charge in [-0.3, -0.25) is 0 Å². The Hall–Kier alpha value is -1.96. The van der Waals surface area contributed by atoms with Gasteiger partial charge in [-0.15, -0.1) is 0 Å². The van der Waals surface area contributed by atoms with Gasteiger partial charge in [0.25, 0.3) is 0 Å². The minimum Gasteiger partial charge on any atom is -0.345 e. The second kappa shape index (κ2) is 6.09. The third-order valence-electron chi connectivity index (χ3n) is 4.61. The molecule has 4 aromatic rings. The lowest BCUT2D eigenvalue weighted by Gasteiger charge is -2.26. The lowest BCUT2D eigenvalue weighted by Crippen LogP contribution is -2.43. The molecule has 0 unspecified atom stereocenters. The van der Waals surface area contributed by atoms with E-state index in [1.165, 1.54) is 10.9 Å². The number of nitrogens with one attached hydrogen (secondary N) is 2. The van der Waals surface area contributed by atoms with E-state index in [1.807, 2.05) is 12.3 Å². The number of hydrogen-bond acceptors (Lipinski definition) is 5. The second-order valence-corrected chi connectivity index (χ2v) is 7.83. The zero-order valence-corrected chi connectivity index (χ0v) is 15.8. The molecule has 0 bridgehead atoms. The SMILES string of the molecule is Brc1nc(N2CCNCC2)sc1-c1ccnc2[nH]c3ccccc3c12. The quantitative estimate of drug-likeness (QED) is 0.521. The van der Waals surface area contributed by atoms with Crippen LogP contribution >= 0.6 is 27.3 Å². The summed E-state index contributed by atoms with van der Waals surface area (Å²) in [6, 6.07) is 10.4. The predicted molar refractivity (Wildman–Crippen MR) is 107 cm³/mol. The molecular weight excluding hydrogens is 398 g/mol. The molecule has 1 aromatic carbocycles. The molecule has 7 heteroatoms. The van der Waals surface area contributed by atoms with Crippen LogP contribution in [0.2, 0.25) is 0 Å². The van der Waals surface area contributed by atoms with Gasteiger partial charge in [-0.25, -0.2) is 9.97 Å². The summed E-state index contributed by atoms with van der Waals surface area (Å²) < 4.78 is 0.906. The summed E-state index contributed by atoms with van der Waals surface area (Å²) in [6.07, 6.45) is 1.86. The van der Waals surface area contributed by atoms with E-state index in [4.69, 9.17) is 4.98 Å². The van der Waals surface area contributed by atoms with Gasteiger partial charge >= 0.3 is 0 Å². The lowest BCUT2D eigenvalue weighted by molar-refractivity contribution is 0.588. The summed E-state index contributed by atoms with van der Waals surface area (Å²) in [5.74, 6) is 0. The number of para-hydroxylation sites is 1. The Bertz CT molecular complexity index is 1060. The Labute approximate surface area is 157 Å². The molecule has 0 aliphatic carbocycles. The normalized spacial score (nSPS) is 15.3. The molecule has 1 fully saturated rings. The van der Waals surface area contributed by atoms with Gasteiger partial charge in [0.05, 0.1) is 4.88 Å². The molecule has 5 rings (SSSR count). The van der Waals surface area contributed by atoms with E-state index >= 15 is 0 Å². The van der Waals surface area contributed by atoms with Crippen molar-refractivity contribution in [1.29, 1.82) is 0 Å². The molecule has 5 nitrogen and oxygen atoms in total. The number of piperazine rings is 1. The fraction of sp³-hybridized carbons (Fsp3) is 0.222. The molecule has 0 amide bonds. The second-order valence-electron chi connectivity index (χ2n) is 6.11. The topological polar surface area (TPSA) is 56.8 Å². The van der Waals surface area contributed by atoms with E-state index in [-0.39, 0.29) is 0 Å². The van der Waals surface area contributed by atoms with Crippen molar-refractivity contribution in [2.24, 2.45) is 0 Å². The van der Waals surface area contributed by atoms with E-state index in [2.05, 4.69) is 60.4 Å². The van der Waals surface area contributed by atoms with Crippen molar-refractivity contribution in [2.75, 3.05) is 31.1 Å². The predicted octanol–water partition coefficient (Wildman–Crippen LogP) is 4.01. The first-order valence-corrected chi connectivity index (χ1v) is 9.90.